The van der Waals surface area contributed by atoms with Gasteiger partial charge in [-0.2, -0.15) is 0 Å². The van der Waals surface area contributed by atoms with E-state index in [0.717, 1.165) is 44.7 Å². The van der Waals surface area contributed by atoms with Crippen LogP contribution < -0.4 is 15.4 Å². The average molecular weight is 377 g/mol. The lowest BCUT2D eigenvalue weighted by atomic mass is 10.0. The predicted octanol–water partition coefficient (Wildman–Crippen LogP) is 2.31. The third kappa shape index (κ3) is 6.07. The number of nitrogens with one attached hydrogen (secondary N) is 2. The first-order chi connectivity index (χ1) is 13.0. The monoisotopic (exact) mass is 376 g/mol. The number of hydrogen-bond donors (Lipinski definition) is 2. The summed E-state index contributed by atoms with van der Waals surface area (Å²) in [5.74, 6) is 0.669. The molecule has 150 valence electrons. The number of amides is 2. The SMILES string of the molecule is CC(C)(CNC(=O)NCc1ccc(OC2CCCC2)nc1)N1CCOCC1. The predicted molar refractivity (Wildman–Crippen MR) is 104 cm³/mol. The van der Waals surface area contributed by atoms with E-state index in [1.807, 2.05) is 12.1 Å². The number of carbonyl (C=O) groups is 1. The summed E-state index contributed by atoms with van der Waals surface area (Å²) in [7, 11) is 0. The van der Waals surface area contributed by atoms with Gasteiger partial charge >= 0.3 is 6.03 Å². The van der Waals surface area contributed by atoms with Gasteiger partial charge in [0.25, 0.3) is 0 Å². The maximum absolute atomic E-state index is 12.1. The van der Waals surface area contributed by atoms with E-state index in [1.165, 1.54) is 12.8 Å². The van der Waals surface area contributed by atoms with E-state index in [-0.39, 0.29) is 11.6 Å². The fourth-order valence-corrected chi connectivity index (χ4v) is 3.58. The summed E-state index contributed by atoms with van der Waals surface area (Å²) in [6.07, 6.45) is 6.79. The Morgan fingerprint density at radius 2 is 2.00 bits per heavy atom. The standard InChI is InChI=1S/C20H32N4O3/c1-20(2,24-9-11-26-12-10-24)15-23-19(25)22-14-16-7-8-18(21-13-16)27-17-5-3-4-6-17/h7-8,13,17H,3-6,9-12,14-15H2,1-2H3,(H2,22,23,25). The Labute approximate surface area is 161 Å². The molecule has 7 heteroatoms. The minimum Gasteiger partial charge on any atom is -0.474 e. The van der Waals surface area contributed by atoms with Crippen LogP contribution in [0.1, 0.15) is 45.1 Å². The molecular weight excluding hydrogens is 344 g/mol. The van der Waals surface area contributed by atoms with Gasteiger partial charge in [-0.25, -0.2) is 9.78 Å². The first-order valence-corrected chi connectivity index (χ1v) is 9.99. The third-order valence-corrected chi connectivity index (χ3v) is 5.39. The topological polar surface area (TPSA) is 75.7 Å². The molecule has 27 heavy (non-hydrogen) atoms. The number of hydrogen-bond acceptors (Lipinski definition) is 5. The van der Waals surface area contributed by atoms with Crippen molar-refractivity contribution in [1.29, 1.82) is 0 Å². The molecule has 1 saturated heterocycles. The number of ether oxygens (including phenoxy) is 2. The van der Waals surface area contributed by atoms with Crippen LogP contribution in [0.2, 0.25) is 0 Å². The number of carbonyl (C=O) groups excluding carboxylic acids is 1. The molecule has 2 aliphatic rings. The van der Waals surface area contributed by atoms with Crippen LogP contribution in [-0.2, 0) is 11.3 Å². The van der Waals surface area contributed by atoms with Crippen molar-refractivity contribution in [3.8, 4) is 5.88 Å². The smallest absolute Gasteiger partial charge is 0.315 e. The Hall–Kier alpha value is -1.86. The molecular formula is C20H32N4O3. The van der Waals surface area contributed by atoms with Crippen LogP contribution in [0.4, 0.5) is 4.79 Å². The Morgan fingerprint density at radius 3 is 2.67 bits per heavy atom. The van der Waals surface area contributed by atoms with Crippen LogP contribution in [0.15, 0.2) is 18.3 Å². The van der Waals surface area contributed by atoms with Gasteiger partial charge in [0.15, 0.2) is 0 Å². The van der Waals surface area contributed by atoms with E-state index in [1.54, 1.807) is 6.20 Å². The minimum atomic E-state index is -0.164. The van der Waals surface area contributed by atoms with Gasteiger partial charge < -0.3 is 20.1 Å². The number of nitrogens with zero attached hydrogens (tertiary/aromatic N) is 2. The molecule has 7 nitrogen and oxygen atoms in total. The van der Waals surface area contributed by atoms with Gasteiger partial charge in [0.2, 0.25) is 5.88 Å². The Kier molecular flexibility index (Phi) is 6.90. The molecule has 1 aliphatic carbocycles. The van der Waals surface area contributed by atoms with Crippen LogP contribution in [0.5, 0.6) is 5.88 Å². The van der Waals surface area contributed by atoms with E-state index in [4.69, 9.17) is 9.47 Å². The molecule has 0 aromatic carbocycles. The highest BCUT2D eigenvalue weighted by Gasteiger charge is 2.28. The van der Waals surface area contributed by atoms with Crippen molar-refractivity contribution in [2.24, 2.45) is 0 Å². The summed E-state index contributed by atoms with van der Waals surface area (Å²) in [4.78, 5) is 18.8. The van der Waals surface area contributed by atoms with E-state index in [9.17, 15) is 4.79 Å². The molecule has 1 aliphatic heterocycles. The zero-order chi connectivity index (χ0) is 19.1. The fraction of sp³-hybridized carbons (Fsp3) is 0.700. The lowest BCUT2D eigenvalue weighted by Gasteiger charge is -2.40. The van der Waals surface area contributed by atoms with E-state index in [0.29, 0.717) is 25.1 Å². The van der Waals surface area contributed by atoms with Gasteiger partial charge in [0.1, 0.15) is 6.10 Å². The Bertz CT molecular complexity index is 594. The molecule has 1 saturated carbocycles. The second-order valence-corrected chi connectivity index (χ2v) is 7.98. The van der Waals surface area contributed by atoms with Gasteiger partial charge in [-0.15, -0.1) is 0 Å². The summed E-state index contributed by atoms with van der Waals surface area (Å²) < 4.78 is 11.3. The summed E-state index contributed by atoms with van der Waals surface area (Å²) in [6, 6.07) is 3.67. The highest BCUT2D eigenvalue weighted by molar-refractivity contribution is 5.73. The molecule has 0 bridgehead atoms. The molecule has 0 unspecified atom stereocenters. The van der Waals surface area contributed by atoms with Gasteiger partial charge in [0, 0.05) is 44.0 Å². The Morgan fingerprint density at radius 1 is 1.26 bits per heavy atom. The van der Waals surface area contributed by atoms with Crippen molar-refractivity contribution in [3.05, 3.63) is 23.9 Å². The highest BCUT2D eigenvalue weighted by Crippen LogP contribution is 2.22. The number of morpholine rings is 1. The van der Waals surface area contributed by atoms with Crippen molar-refractivity contribution < 1.29 is 14.3 Å². The summed E-state index contributed by atoms with van der Waals surface area (Å²) in [5.41, 5.74) is 0.860. The van der Waals surface area contributed by atoms with Crippen molar-refractivity contribution >= 4 is 6.03 Å². The summed E-state index contributed by atoms with van der Waals surface area (Å²) in [6.45, 7) is 8.63. The number of rotatable bonds is 7. The highest BCUT2D eigenvalue weighted by atomic mass is 16.5. The van der Waals surface area contributed by atoms with Crippen molar-refractivity contribution in [2.75, 3.05) is 32.8 Å². The molecule has 2 heterocycles. The fourth-order valence-electron chi connectivity index (χ4n) is 3.58. The second kappa shape index (κ2) is 9.37. The van der Waals surface area contributed by atoms with Gasteiger partial charge in [-0.3, -0.25) is 4.90 Å². The van der Waals surface area contributed by atoms with Gasteiger partial charge in [-0.05, 0) is 45.1 Å². The van der Waals surface area contributed by atoms with Gasteiger partial charge in [-0.1, -0.05) is 6.07 Å². The van der Waals surface area contributed by atoms with E-state index >= 15 is 0 Å². The summed E-state index contributed by atoms with van der Waals surface area (Å²) >= 11 is 0. The molecule has 0 atom stereocenters. The number of aromatic nitrogens is 1. The lowest BCUT2D eigenvalue weighted by Crippen LogP contribution is -2.56. The summed E-state index contributed by atoms with van der Waals surface area (Å²) in [5, 5.41) is 5.87. The van der Waals surface area contributed by atoms with Crippen LogP contribution in [-0.4, -0.2) is 60.4 Å². The largest absolute Gasteiger partial charge is 0.474 e. The van der Waals surface area contributed by atoms with Crippen LogP contribution in [0.25, 0.3) is 0 Å². The molecule has 3 rings (SSSR count). The molecule has 2 N–H and O–H groups in total. The minimum absolute atomic E-state index is 0.0953. The molecule has 2 fully saturated rings. The zero-order valence-electron chi connectivity index (χ0n) is 16.5. The maximum atomic E-state index is 12.1. The second-order valence-electron chi connectivity index (χ2n) is 7.98. The number of pyridine rings is 1. The lowest BCUT2D eigenvalue weighted by molar-refractivity contribution is -0.00874. The van der Waals surface area contributed by atoms with Crippen LogP contribution in [0.3, 0.4) is 0 Å². The van der Waals surface area contributed by atoms with Crippen molar-refractivity contribution in [2.45, 2.75) is 57.7 Å². The Balaban J connectivity index is 1.38. The maximum Gasteiger partial charge on any atom is 0.315 e. The quantitative estimate of drug-likeness (QED) is 0.764. The van der Waals surface area contributed by atoms with Crippen molar-refractivity contribution in [3.63, 3.8) is 0 Å². The van der Waals surface area contributed by atoms with Crippen LogP contribution in [0, 0.1) is 0 Å². The van der Waals surface area contributed by atoms with E-state index < -0.39 is 0 Å². The van der Waals surface area contributed by atoms with Gasteiger partial charge in [0.05, 0.1) is 13.2 Å². The normalized spacial score (nSPS) is 19.0. The zero-order valence-corrected chi connectivity index (χ0v) is 16.5. The molecule has 0 spiro atoms. The molecule has 1 aromatic rings. The van der Waals surface area contributed by atoms with Crippen molar-refractivity contribution in [1.82, 2.24) is 20.5 Å². The molecule has 1 aromatic heterocycles. The average Bonchev–Trinajstić information content (AvgIpc) is 3.20. The first kappa shape index (κ1) is 19.9. The molecule has 0 radical (unpaired) electrons. The van der Waals surface area contributed by atoms with Crippen LogP contribution >= 0.6 is 0 Å². The molecule has 2 amide bonds. The first-order valence-electron chi connectivity index (χ1n) is 9.99. The number of urea groups is 1. The van der Waals surface area contributed by atoms with E-state index in [2.05, 4.69) is 34.4 Å². The third-order valence-electron chi connectivity index (χ3n) is 5.39.